The van der Waals surface area contributed by atoms with Crippen LogP contribution in [0.4, 0.5) is 0 Å². The summed E-state index contributed by atoms with van der Waals surface area (Å²) in [7, 11) is 0. The SMILES string of the molecule is Cl.c1cnc(OCC2CCCN2)nc1. The van der Waals surface area contributed by atoms with E-state index in [9.17, 15) is 0 Å². The zero-order chi connectivity index (χ0) is 8.93. The van der Waals surface area contributed by atoms with Crippen molar-refractivity contribution >= 4 is 12.4 Å². The highest BCUT2D eigenvalue weighted by Crippen LogP contribution is 2.06. The van der Waals surface area contributed by atoms with Gasteiger partial charge in [-0.1, -0.05) is 0 Å². The minimum atomic E-state index is 0. The molecule has 1 aromatic rings. The van der Waals surface area contributed by atoms with Crippen LogP contribution in [0.5, 0.6) is 6.01 Å². The summed E-state index contributed by atoms with van der Waals surface area (Å²) in [4.78, 5) is 7.96. The van der Waals surface area contributed by atoms with Gasteiger partial charge in [0.25, 0.3) is 0 Å². The van der Waals surface area contributed by atoms with Crippen LogP contribution in [0.1, 0.15) is 12.8 Å². The first-order valence-corrected chi connectivity index (χ1v) is 4.58. The maximum absolute atomic E-state index is 5.41. The van der Waals surface area contributed by atoms with E-state index in [1.807, 2.05) is 0 Å². The van der Waals surface area contributed by atoms with Gasteiger partial charge in [0.2, 0.25) is 0 Å². The van der Waals surface area contributed by atoms with E-state index in [0.717, 1.165) is 6.54 Å². The third kappa shape index (κ3) is 3.12. The smallest absolute Gasteiger partial charge is 0.316 e. The van der Waals surface area contributed by atoms with Gasteiger partial charge in [-0.2, -0.15) is 0 Å². The molecule has 0 amide bonds. The first-order chi connectivity index (χ1) is 6.45. The molecule has 1 N–H and O–H groups in total. The Morgan fingerprint density at radius 1 is 1.43 bits per heavy atom. The van der Waals surface area contributed by atoms with Crippen LogP contribution in [0.2, 0.25) is 0 Å². The minimum Gasteiger partial charge on any atom is -0.462 e. The van der Waals surface area contributed by atoms with Crippen LogP contribution in [0.25, 0.3) is 0 Å². The maximum Gasteiger partial charge on any atom is 0.316 e. The number of rotatable bonds is 3. The van der Waals surface area contributed by atoms with E-state index in [2.05, 4.69) is 15.3 Å². The van der Waals surface area contributed by atoms with Crippen molar-refractivity contribution < 1.29 is 4.74 Å². The lowest BCUT2D eigenvalue weighted by Gasteiger charge is -2.09. The van der Waals surface area contributed by atoms with Crippen LogP contribution in [0.15, 0.2) is 18.5 Å². The zero-order valence-electron chi connectivity index (χ0n) is 7.85. The average Bonchev–Trinajstić information content (AvgIpc) is 2.69. The summed E-state index contributed by atoms with van der Waals surface area (Å²) in [6.45, 7) is 1.77. The van der Waals surface area contributed by atoms with Gasteiger partial charge in [0.05, 0.1) is 0 Å². The van der Waals surface area contributed by atoms with Crippen LogP contribution in [-0.4, -0.2) is 29.2 Å². The molecule has 78 valence electrons. The fourth-order valence-corrected chi connectivity index (χ4v) is 1.43. The predicted molar refractivity (Wildman–Crippen MR) is 55.8 cm³/mol. The number of nitrogens with one attached hydrogen (secondary N) is 1. The van der Waals surface area contributed by atoms with Gasteiger partial charge in [-0.3, -0.25) is 0 Å². The molecule has 0 saturated carbocycles. The predicted octanol–water partition coefficient (Wildman–Crippen LogP) is 1.03. The molecule has 2 rings (SSSR count). The van der Waals surface area contributed by atoms with Crippen molar-refractivity contribution in [3.63, 3.8) is 0 Å². The lowest BCUT2D eigenvalue weighted by molar-refractivity contribution is 0.257. The molecule has 1 atom stereocenters. The number of aromatic nitrogens is 2. The van der Waals surface area contributed by atoms with Crippen molar-refractivity contribution in [3.8, 4) is 6.01 Å². The van der Waals surface area contributed by atoms with Gasteiger partial charge in [-0.25, -0.2) is 9.97 Å². The van der Waals surface area contributed by atoms with Gasteiger partial charge in [0.15, 0.2) is 0 Å². The minimum absolute atomic E-state index is 0. The molecule has 14 heavy (non-hydrogen) atoms. The molecule has 1 saturated heterocycles. The van der Waals surface area contributed by atoms with Gasteiger partial charge in [0.1, 0.15) is 6.61 Å². The summed E-state index contributed by atoms with van der Waals surface area (Å²) < 4.78 is 5.41. The van der Waals surface area contributed by atoms with E-state index in [-0.39, 0.29) is 12.4 Å². The number of hydrogen-bond donors (Lipinski definition) is 1. The molecule has 1 unspecified atom stereocenters. The van der Waals surface area contributed by atoms with E-state index in [0.29, 0.717) is 18.7 Å². The van der Waals surface area contributed by atoms with E-state index in [1.54, 1.807) is 18.5 Å². The monoisotopic (exact) mass is 215 g/mol. The van der Waals surface area contributed by atoms with E-state index in [1.165, 1.54) is 12.8 Å². The highest BCUT2D eigenvalue weighted by molar-refractivity contribution is 5.85. The lowest BCUT2D eigenvalue weighted by Crippen LogP contribution is -2.28. The Balaban J connectivity index is 0.000000980. The Bertz CT molecular complexity index is 251. The summed E-state index contributed by atoms with van der Waals surface area (Å²) in [5.74, 6) is 0. The van der Waals surface area contributed by atoms with Crippen LogP contribution < -0.4 is 10.1 Å². The molecule has 0 aliphatic carbocycles. The fraction of sp³-hybridized carbons (Fsp3) is 0.556. The molecule has 1 fully saturated rings. The van der Waals surface area contributed by atoms with Gasteiger partial charge in [-0.15, -0.1) is 12.4 Å². The van der Waals surface area contributed by atoms with E-state index >= 15 is 0 Å². The molecule has 1 aromatic heterocycles. The normalized spacial score (nSPS) is 20.1. The van der Waals surface area contributed by atoms with Gasteiger partial charge in [-0.05, 0) is 25.5 Å². The highest BCUT2D eigenvalue weighted by atomic mass is 35.5. The summed E-state index contributed by atoms with van der Waals surface area (Å²) in [6.07, 6.45) is 5.80. The van der Waals surface area contributed by atoms with Gasteiger partial charge in [0, 0.05) is 18.4 Å². The van der Waals surface area contributed by atoms with E-state index < -0.39 is 0 Å². The summed E-state index contributed by atoms with van der Waals surface area (Å²) in [5.41, 5.74) is 0. The van der Waals surface area contributed by atoms with Crippen molar-refractivity contribution in [2.24, 2.45) is 0 Å². The number of ether oxygens (including phenoxy) is 1. The standard InChI is InChI=1S/C9H13N3O.ClH/c1-3-8(10-4-1)7-13-9-11-5-2-6-12-9;/h2,5-6,8,10H,1,3-4,7H2;1H. The Morgan fingerprint density at radius 2 is 2.21 bits per heavy atom. The molecule has 0 spiro atoms. The maximum atomic E-state index is 5.41. The van der Waals surface area contributed by atoms with Crippen LogP contribution in [0.3, 0.4) is 0 Å². The van der Waals surface area contributed by atoms with Crippen LogP contribution in [-0.2, 0) is 0 Å². The summed E-state index contributed by atoms with van der Waals surface area (Å²) in [6, 6.07) is 2.72. The van der Waals surface area contributed by atoms with Crippen molar-refractivity contribution in [2.45, 2.75) is 18.9 Å². The zero-order valence-corrected chi connectivity index (χ0v) is 8.67. The van der Waals surface area contributed by atoms with Crippen molar-refractivity contribution in [2.75, 3.05) is 13.2 Å². The molecule has 2 heterocycles. The Hall–Kier alpha value is -0.870. The van der Waals surface area contributed by atoms with Gasteiger partial charge < -0.3 is 10.1 Å². The molecular formula is C9H14ClN3O. The molecule has 1 aliphatic rings. The largest absolute Gasteiger partial charge is 0.462 e. The lowest BCUT2D eigenvalue weighted by atomic mass is 10.2. The molecule has 0 aromatic carbocycles. The summed E-state index contributed by atoms with van der Waals surface area (Å²) in [5, 5.41) is 3.35. The fourth-order valence-electron chi connectivity index (χ4n) is 1.43. The second kappa shape index (κ2) is 5.78. The van der Waals surface area contributed by atoms with Gasteiger partial charge >= 0.3 is 6.01 Å². The third-order valence-electron chi connectivity index (χ3n) is 2.12. The number of hydrogen-bond acceptors (Lipinski definition) is 4. The molecule has 0 radical (unpaired) electrons. The molecule has 1 aliphatic heterocycles. The summed E-state index contributed by atoms with van der Waals surface area (Å²) >= 11 is 0. The van der Waals surface area contributed by atoms with Crippen molar-refractivity contribution in [1.82, 2.24) is 15.3 Å². The first kappa shape index (κ1) is 11.2. The molecule has 0 bridgehead atoms. The number of nitrogens with zero attached hydrogens (tertiary/aromatic N) is 2. The van der Waals surface area contributed by atoms with Crippen molar-refractivity contribution in [1.29, 1.82) is 0 Å². The molecule has 5 heteroatoms. The second-order valence-corrected chi connectivity index (χ2v) is 3.14. The van der Waals surface area contributed by atoms with Crippen molar-refractivity contribution in [3.05, 3.63) is 18.5 Å². The van der Waals surface area contributed by atoms with E-state index in [4.69, 9.17) is 4.74 Å². The quantitative estimate of drug-likeness (QED) is 0.818. The van der Waals surface area contributed by atoms with Crippen LogP contribution >= 0.6 is 12.4 Å². The Labute approximate surface area is 89.5 Å². The topological polar surface area (TPSA) is 47.0 Å². The second-order valence-electron chi connectivity index (χ2n) is 3.14. The third-order valence-corrected chi connectivity index (χ3v) is 2.12. The number of halogens is 1. The Morgan fingerprint density at radius 3 is 2.86 bits per heavy atom. The van der Waals surface area contributed by atoms with Crippen LogP contribution in [0, 0.1) is 0 Å². The molecule has 4 nitrogen and oxygen atoms in total. The highest BCUT2D eigenvalue weighted by Gasteiger charge is 2.14. The first-order valence-electron chi connectivity index (χ1n) is 4.58. The Kier molecular flexibility index (Phi) is 4.62. The molecular weight excluding hydrogens is 202 g/mol. The average molecular weight is 216 g/mol.